The molecule has 3 amide bonds. The average molecular weight is 346 g/mol. The summed E-state index contributed by atoms with van der Waals surface area (Å²) < 4.78 is 5.29. The van der Waals surface area contributed by atoms with Gasteiger partial charge in [-0.1, -0.05) is 12.1 Å². The molecule has 0 saturated carbocycles. The lowest BCUT2D eigenvalue weighted by molar-refractivity contribution is -0.119. The molecule has 0 bridgehead atoms. The van der Waals surface area contributed by atoms with Crippen LogP contribution in [0.2, 0.25) is 0 Å². The number of nitrogens with zero attached hydrogens (tertiary/aromatic N) is 2. The molecule has 2 heterocycles. The SMILES string of the molecule is CN1CC[C@@H]2CCN(C(=O)NCc3cccc(OCC(N)=O)c3)[C@@H]2C1. The molecule has 7 heteroatoms. The van der Waals surface area contributed by atoms with Gasteiger partial charge in [0.05, 0.1) is 0 Å². The highest BCUT2D eigenvalue weighted by molar-refractivity contribution is 5.75. The minimum atomic E-state index is -0.514. The van der Waals surface area contributed by atoms with Gasteiger partial charge < -0.3 is 25.6 Å². The van der Waals surface area contributed by atoms with E-state index in [1.807, 2.05) is 23.1 Å². The van der Waals surface area contributed by atoms with Gasteiger partial charge in [-0.05, 0) is 50.0 Å². The van der Waals surface area contributed by atoms with E-state index in [0.29, 0.717) is 24.3 Å². The second kappa shape index (κ2) is 7.74. The minimum Gasteiger partial charge on any atom is -0.484 e. The third-order valence-electron chi connectivity index (χ3n) is 5.05. The van der Waals surface area contributed by atoms with E-state index >= 15 is 0 Å². The first-order valence-electron chi connectivity index (χ1n) is 8.76. The Labute approximate surface area is 148 Å². The van der Waals surface area contributed by atoms with Crippen LogP contribution >= 0.6 is 0 Å². The van der Waals surface area contributed by atoms with Crippen molar-refractivity contribution in [3.8, 4) is 5.75 Å². The summed E-state index contributed by atoms with van der Waals surface area (Å²) in [6.45, 7) is 3.18. The zero-order chi connectivity index (χ0) is 17.8. The number of carbonyl (C=O) groups is 2. The first-order valence-corrected chi connectivity index (χ1v) is 8.76. The number of ether oxygens (including phenoxy) is 1. The topological polar surface area (TPSA) is 87.9 Å². The fraction of sp³-hybridized carbons (Fsp3) is 0.556. The Hall–Kier alpha value is -2.28. The van der Waals surface area contributed by atoms with Crippen LogP contribution in [-0.2, 0) is 11.3 Å². The molecule has 3 rings (SSSR count). The summed E-state index contributed by atoms with van der Waals surface area (Å²) >= 11 is 0. The molecule has 0 aliphatic carbocycles. The van der Waals surface area contributed by atoms with Crippen LogP contribution in [0.25, 0.3) is 0 Å². The number of likely N-dealkylation sites (N-methyl/N-ethyl adjacent to an activating group) is 1. The number of rotatable bonds is 5. The number of likely N-dealkylation sites (tertiary alicyclic amines) is 2. The van der Waals surface area contributed by atoms with Gasteiger partial charge in [-0.3, -0.25) is 4.79 Å². The summed E-state index contributed by atoms with van der Waals surface area (Å²) in [5.74, 6) is 0.688. The predicted molar refractivity (Wildman–Crippen MR) is 94.1 cm³/mol. The zero-order valence-corrected chi connectivity index (χ0v) is 14.6. The van der Waals surface area contributed by atoms with Crippen molar-refractivity contribution in [1.82, 2.24) is 15.1 Å². The number of fused-ring (bicyclic) bond motifs is 1. The Morgan fingerprint density at radius 2 is 2.12 bits per heavy atom. The van der Waals surface area contributed by atoms with Crippen LogP contribution in [0, 0.1) is 5.92 Å². The summed E-state index contributed by atoms with van der Waals surface area (Å²) in [5, 5.41) is 3.00. The van der Waals surface area contributed by atoms with Crippen LogP contribution in [0.1, 0.15) is 18.4 Å². The number of carbonyl (C=O) groups excluding carboxylic acids is 2. The molecule has 136 valence electrons. The first kappa shape index (κ1) is 17.5. The Morgan fingerprint density at radius 3 is 2.92 bits per heavy atom. The van der Waals surface area contributed by atoms with Crippen molar-refractivity contribution in [2.24, 2.45) is 11.7 Å². The molecule has 7 nitrogen and oxygen atoms in total. The van der Waals surface area contributed by atoms with Crippen molar-refractivity contribution in [3.05, 3.63) is 29.8 Å². The van der Waals surface area contributed by atoms with Gasteiger partial charge in [0.2, 0.25) is 0 Å². The van der Waals surface area contributed by atoms with E-state index in [1.54, 1.807) is 6.07 Å². The standard InChI is InChI=1S/C18H26N4O3/c1-21-7-5-14-6-8-22(16(14)11-21)18(24)20-10-13-3-2-4-15(9-13)25-12-17(19)23/h2-4,9,14,16H,5-8,10-12H2,1H3,(H2,19,23)(H,20,24)/t14-,16-/m1/s1. The molecule has 2 atom stereocenters. The number of piperidine rings is 1. The monoisotopic (exact) mass is 346 g/mol. The highest BCUT2D eigenvalue weighted by Crippen LogP contribution is 2.31. The number of nitrogens with one attached hydrogen (secondary N) is 1. The highest BCUT2D eigenvalue weighted by Gasteiger charge is 2.39. The maximum Gasteiger partial charge on any atom is 0.317 e. The lowest BCUT2D eigenvalue weighted by atomic mass is 9.92. The van der Waals surface area contributed by atoms with Crippen molar-refractivity contribution in [1.29, 1.82) is 0 Å². The maximum absolute atomic E-state index is 12.6. The summed E-state index contributed by atoms with van der Waals surface area (Å²) in [4.78, 5) is 27.7. The van der Waals surface area contributed by atoms with Crippen LogP contribution in [0.5, 0.6) is 5.75 Å². The van der Waals surface area contributed by atoms with E-state index in [9.17, 15) is 9.59 Å². The van der Waals surface area contributed by atoms with Gasteiger partial charge in [0.25, 0.3) is 5.91 Å². The van der Waals surface area contributed by atoms with Crippen LogP contribution < -0.4 is 15.8 Å². The number of urea groups is 1. The molecule has 2 saturated heterocycles. The van der Waals surface area contributed by atoms with Crippen LogP contribution in [0.4, 0.5) is 4.79 Å². The molecule has 2 aliphatic rings. The summed E-state index contributed by atoms with van der Waals surface area (Å²) in [5.41, 5.74) is 6.00. The van der Waals surface area contributed by atoms with Crippen LogP contribution in [0.3, 0.4) is 0 Å². The first-order chi connectivity index (χ1) is 12.0. The van der Waals surface area contributed by atoms with E-state index < -0.39 is 5.91 Å². The van der Waals surface area contributed by atoms with Crippen molar-refractivity contribution in [2.75, 3.05) is 33.3 Å². The van der Waals surface area contributed by atoms with Gasteiger partial charge in [-0.15, -0.1) is 0 Å². The minimum absolute atomic E-state index is 0.00810. The summed E-state index contributed by atoms with van der Waals surface area (Å²) in [6.07, 6.45) is 2.27. The van der Waals surface area contributed by atoms with Crippen molar-refractivity contribution in [2.45, 2.75) is 25.4 Å². The zero-order valence-electron chi connectivity index (χ0n) is 14.6. The fourth-order valence-corrected chi connectivity index (χ4v) is 3.73. The number of amides is 3. The van der Waals surface area contributed by atoms with Crippen molar-refractivity contribution < 1.29 is 14.3 Å². The highest BCUT2D eigenvalue weighted by atomic mass is 16.5. The number of primary amides is 1. The van der Waals surface area contributed by atoms with Gasteiger partial charge in [0, 0.05) is 25.7 Å². The van der Waals surface area contributed by atoms with Crippen molar-refractivity contribution >= 4 is 11.9 Å². The maximum atomic E-state index is 12.6. The molecule has 1 aromatic carbocycles. The fourth-order valence-electron chi connectivity index (χ4n) is 3.73. The van der Waals surface area contributed by atoms with E-state index in [-0.39, 0.29) is 12.6 Å². The van der Waals surface area contributed by atoms with Crippen molar-refractivity contribution in [3.63, 3.8) is 0 Å². The van der Waals surface area contributed by atoms with Gasteiger partial charge >= 0.3 is 6.03 Å². The molecular weight excluding hydrogens is 320 g/mol. The lowest BCUT2D eigenvalue weighted by Crippen LogP contribution is -2.51. The second-order valence-electron chi connectivity index (χ2n) is 6.92. The summed E-state index contributed by atoms with van der Waals surface area (Å²) in [7, 11) is 2.11. The average Bonchev–Trinajstić information content (AvgIpc) is 3.01. The quantitative estimate of drug-likeness (QED) is 0.825. The summed E-state index contributed by atoms with van der Waals surface area (Å²) in [6, 6.07) is 7.63. The molecule has 0 unspecified atom stereocenters. The smallest absolute Gasteiger partial charge is 0.317 e. The Balaban J connectivity index is 1.54. The largest absolute Gasteiger partial charge is 0.484 e. The van der Waals surface area contributed by atoms with Gasteiger partial charge in [-0.25, -0.2) is 4.79 Å². The number of nitrogens with two attached hydrogens (primary N) is 1. The molecular formula is C18H26N4O3. The molecule has 2 aliphatic heterocycles. The van der Waals surface area contributed by atoms with E-state index in [4.69, 9.17) is 10.5 Å². The van der Waals surface area contributed by atoms with Crippen LogP contribution in [0.15, 0.2) is 24.3 Å². The third kappa shape index (κ3) is 4.42. The molecule has 1 aromatic rings. The molecule has 0 aromatic heterocycles. The second-order valence-corrected chi connectivity index (χ2v) is 6.92. The van der Waals surface area contributed by atoms with E-state index in [2.05, 4.69) is 17.3 Å². The van der Waals surface area contributed by atoms with E-state index in [1.165, 1.54) is 6.42 Å². The van der Waals surface area contributed by atoms with Gasteiger partial charge in [-0.2, -0.15) is 0 Å². The number of hydrogen-bond donors (Lipinski definition) is 2. The Bertz CT molecular complexity index is 637. The molecule has 0 spiro atoms. The Morgan fingerprint density at radius 1 is 1.32 bits per heavy atom. The molecule has 3 N–H and O–H groups in total. The number of benzene rings is 1. The molecule has 2 fully saturated rings. The third-order valence-corrected chi connectivity index (χ3v) is 5.05. The normalized spacial score (nSPS) is 23.2. The lowest BCUT2D eigenvalue weighted by Gasteiger charge is -2.36. The molecule has 25 heavy (non-hydrogen) atoms. The number of hydrogen-bond acceptors (Lipinski definition) is 4. The molecule has 0 radical (unpaired) electrons. The van der Waals surface area contributed by atoms with Gasteiger partial charge in [0.1, 0.15) is 5.75 Å². The van der Waals surface area contributed by atoms with Crippen LogP contribution in [-0.4, -0.2) is 61.1 Å². The van der Waals surface area contributed by atoms with Gasteiger partial charge in [0.15, 0.2) is 6.61 Å². The Kier molecular flexibility index (Phi) is 5.43. The van der Waals surface area contributed by atoms with E-state index in [0.717, 1.165) is 31.6 Å². The predicted octanol–water partition coefficient (Wildman–Crippen LogP) is 0.786.